The van der Waals surface area contributed by atoms with Crippen LogP contribution in [0.3, 0.4) is 0 Å². The Bertz CT molecular complexity index is 980. The molecule has 0 spiro atoms. The highest BCUT2D eigenvalue weighted by Crippen LogP contribution is 2.31. The molecule has 7 nitrogen and oxygen atoms in total. The van der Waals surface area contributed by atoms with E-state index in [4.69, 9.17) is 4.74 Å². The van der Waals surface area contributed by atoms with E-state index in [1.54, 1.807) is 10.9 Å². The van der Waals surface area contributed by atoms with E-state index in [9.17, 15) is 9.59 Å². The molecule has 0 aliphatic carbocycles. The Balaban J connectivity index is 1.80. The summed E-state index contributed by atoms with van der Waals surface area (Å²) in [6.07, 6.45) is 1.77. The smallest absolute Gasteiger partial charge is 0.322 e. The topological polar surface area (TPSA) is 85.2 Å². The number of aromatic nitrogens is 2. The molecule has 0 radical (unpaired) electrons. The van der Waals surface area contributed by atoms with Gasteiger partial charge in [-0.1, -0.05) is 18.2 Å². The van der Waals surface area contributed by atoms with Crippen LogP contribution in [-0.2, 0) is 4.79 Å². The number of hydrogen-bond acceptors (Lipinski definition) is 4. The number of hydrogen-bond donors (Lipinski definition) is 2. The van der Waals surface area contributed by atoms with Gasteiger partial charge in [-0.3, -0.25) is 10.1 Å². The van der Waals surface area contributed by atoms with E-state index < -0.39 is 12.1 Å². The van der Waals surface area contributed by atoms with Crippen LogP contribution in [-0.4, -0.2) is 28.3 Å². The molecule has 2 aromatic carbocycles. The van der Waals surface area contributed by atoms with Gasteiger partial charge in [-0.15, -0.1) is 0 Å². The molecule has 1 aliphatic heterocycles. The van der Waals surface area contributed by atoms with E-state index in [1.165, 1.54) is 0 Å². The fraction of sp³-hybridized carbons (Fsp3) is 0.150. The van der Waals surface area contributed by atoms with Crippen LogP contribution in [0.1, 0.15) is 18.5 Å². The minimum atomic E-state index is -0.781. The van der Waals surface area contributed by atoms with Crippen molar-refractivity contribution in [3.63, 3.8) is 0 Å². The molecule has 1 atom stereocenters. The lowest BCUT2D eigenvalue weighted by Crippen LogP contribution is -2.22. The van der Waals surface area contributed by atoms with Crippen LogP contribution < -0.4 is 15.4 Å². The molecule has 2 N–H and O–H groups in total. The van der Waals surface area contributed by atoms with E-state index in [0.29, 0.717) is 17.9 Å². The summed E-state index contributed by atoms with van der Waals surface area (Å²) in [7, 11) is 0. The molecule has 0 saturated carbocycles. The average molecular weight is 362 g/mol. The lowest BCUT2D eigenvalue weighted by atomic mass is 10.0. The van der Waals surface area contributed by atoms with Gasteiger partial charge in [-0.25, -0.2) is 9.48 Å². The van der Waals surface area contributed by atoms with Gasteiger partial charge in [0, 0.05) is 17.3 Å². The van der Waals surface area contributed by atoms with Crippen molar-refractivity contribution >= 4 is 11.9 Å². The Morgan fingerprint density at radius 3 is 2.44 bits per heavy atom. The number of ether oxygens (including phenoxy) is 1. The number of carbonyl (C=O) groups excluding carboxylic acids is 2. The highest BCUT2D eigenvalue weighted by atomic mass is 16.5. The second kappa shape index (κ2) is 6.95. The van der Waals surface area contributed by atoms with Crippen LogP contribution in [0.2, 0.25) is 0 Å². The van der Waals surface area contributed by atoms with Gasteiger partial charge in [-0.2, -0.15) is 5.10 Å². The molecule has 1 aliphatic rings. The van der Waals surface area contributed by atoms with Crippen molar-refractivity contribution in [2.75, 3.05) is 6.61 Å². The summed E-state index contributed by atoms with van der Waals surface area (Å²) in [6, 6.07) is 15.8. The van der Waals surface area contributed by atoms with Gasteiger partial charge in [-0.05, 0) is 43.3 Å². The molecule has 1 fully saturated rings. The standard InChI is InChI=1S/C20H18N4O3/c1-2-27-15-10-8-13(9-11-15)17-16(18-19(25)22-20(26)21-18)12-24(23-17)14-6-4-3-5-7-14/h3-12,18H,2H2,1H3,(H2,21,22,25,26). The first-order valence-electron chi connectivity index (χ1n) is 8.65. The molecule has 1 unspecified atom stereocenters. The normalized spacial score (nSPS) is 16.1. The molecule has 2 heterocycles. The molecule has 3 amide bonds. The van der Waals surface area contributed by atoms with Crippen LogP contribution in [0.25, 0.3) is 16.9 Å². The lowest BCUT2D eigenvalue weighted by Gasteiger charge is -2.08. The van der Waals surface area contributed by atoms with Crippen LogP contribution in [0.4, 0.5) is 4.79 Å². The minimum Gasteiger partial charge on any atom is -0.494 e. The van der Waals surface area contributed by atoms with Crippen molar-refractivity contribution in [1.82, 2.24) is 20.4 Å². The molecular weight excluding hydrogens is 344 g/mol. The van der Waals surface area contributed by atoms with Gasteiger partial charge in [0.1, 0.15) is 11.8 Å². The van der Waals surface area contributed by atoms with Gasteiger partial charge in [0.15, 0.2) is 0 Å². The molecule has 27 heavy (non-hydrogen) atoms. The fourth-order valence-electron chi connectivity index (χ4n) is 3.05. The largest absolute Gasteiger partial charge is 0.494 e. The Hall–Kier alpha value is -3.61. The third-order valence-electron chi connectivity index (χ3n) is 4.29. The highest BCUT2D eigenvalue weighted by Gasteiger charge is 2.34. The van der Waals surface area contributed by atoms with Crippen molar-refractivity contribution in [1.29, 1.82) is 0 Å². The number of nitrogens with zero attached hydrogens (tertiary/aromatic N) is 2. The molecule has 1 saturated heterocycles. The summed E-state index contributed by atoms with van der Waals surface area (Å²) in [5.41, 5.74) is 2.95. The second-order valence-electron chi connectivity index (χ2n) is 6.07. The Morgan fingerprint density at radius 1 is 1.07 bits per heavy atom. The minimum absolute atomic E-state index is 0.389. The summed E-state index contributed by atoms with van der Waals surface area (Å²) in [4.78, 5) is 23.8. The summed E-state index contributed by atoms with van der Waals surface area (Å²) >= 11 is 0. The van der Waals surface area contributed by atoms with Crippen molar-refractivity contribution in [3.05, 3.63) is 66.4 Å². The maximum absolute atomic E-state index is 12.2. The van der Waals surface area contributed by atoms with Gasteiger partial charge in [0.05, 0.1) is 18.0 Å². The zero-order chi connectivity index (χ0) is 18.8. The third-order valence-corrected chi connectivity index (χ3v) is 4.29. The number of imide groups is 1. The molecule has 0 bridgehead atoms. The lowest BCUT2D eigenvalue weighted by molar-refractivity contribution is -0.120. The van der Waals surface area contributed by atoms with Gasteiger partial charge >= 0.3 is 6.03 Å². The quantitative estimate of drug-likeness (QED) is 0.684. The summed E-state index contributed by atoms with van der Waals surface area (Å²) in [6.45, 7) is 2.51. The highest BCUT2D eigenvalue weighted by molar-refractivity contribution is 6.05. The molecule has 1 aromatic heterocycles. The SMILES string of the molecule is CCOc1ccc(-c2nn(-c3ccccc3)cc2C2NC(=O)NC2=O)cc1. The number of rotatable bonds is 5. The fourth-order valence-corrected chi connectivity index (χ4v) is 3.05. The summed E-state index contributed by atoms with van der Waals surface area (Å²) in [5.74, 6) is 0.372. The van der Waals surface area contributed by atoms with Crippen molar-refractivity contribution in [2.45, 2.75) is 13.0 Å². The predicted octanol–water partition coefficient (Wildman–Crippen LogP) is 2.82. The second-order valence-corrected chi connectivity index (χ2v) is 6.07. The summed E-state index contributed by atoms with van der Waals surface area (Å²) < 4.78 is 7.19. The monoisotopic (exact) mass is 362 g/mol. The van der Waals surface area contributed by atoms with Crippen LogP contribution in [0, 0.1) is 0 Å². The van der Waals surface area contributed by atoms with Gasteiger partial charge < -0.3 is 10.1 Å². The van der Waals surface area contributed by atoms with Crippen molar-refractivity contribution in [2.24, 2.45) is 0 Å². The number of para-hydroxylation sites is 1. The Morgan fingerprint density at radius 2 is 1.81 bits per heavy atom. The number of benzene rings is 2. The third kappa shape index (κ3) is 3.27. The van der Waals surface area contributed by atoms with Gasteiger partial charge in [0.2, 0.25) is 0 Å². The van der Waals surface area contributed by atoms with E-state index in [0.717, 1.165) is 17.0 Å². The van der Waals surface area contributed by atoms with Gasteiger partial charge in [0.25, 0.3) is 5.91 Å². The van der Waals surface area contributed by atoms with E-state index in [-0.39, 0.29) is 5.91 Å². The van der Waals surface area contributed by atoms with E-state index >= 15 is 0 Å². The Labute approximate surface area is 156 Å². The van der Waals surface area contributed by atoms with E-state index in [2.05, 4.69) is 15.7 Å². The number of urea groups is 1. The van der Waals surface area contributed by atoms with Crippen LogP contribution in [0.15, 0.2) is 60.8 Å². The zero-order valence-corrected chi connectivity index (χ0v) is 14.7. The average Bonchev–Trinajstić information content (AvgIpc) is 3.26. The van der Waals surface area contributed by atoms with Crippen LogP contribution >= 0.6 is 0 Å². The number of nitrogens with one attached hydrogen (secondary N) is 2. The molecule has 136 valence electrons. The molecular formula is C20H18N4O3. The van der Waals surface area contributed by atoms with Crippen molar-refractivity contribution < 1.29 is 14.3 Å². The molecule has 3 aromatic rings. The first kappa shape index (κ1) is 16.8. The number of amides is 3. The molecule has 7 heteroatoms. The van der Waals surface area contributed by atoms with E-state index in [1.807, 2.05) is 61.5 Å². The van der Waals surface area contributed by atoms with Crippen molar-refractivity contribution in [3.8, 4) is 22.7 Å². The zero-order valence-electron chi connectivity index (χ0n) is 14.7. The number of carbonyl (C=O) groups is 2. The first-order valence-corrected chi connectivity index (χ1v) is 8.65. The maximum atomic E-state index is 12.2. The maximum Gasteiger partial charge on any atom is 0.322 e. The first-order chi connectivity index (χ1) is 13.2. The molecule has 4 rings (SSSR count). The Kier molecular flexibility index (Phi) is 4.33. The summed E-state index contributed by atoms with van der Waals surface area (Å²) in [5, 5.41) is 9.60. The van der Waals surface area contributed by atoms with Crippen LogP contribution in [0.5, 0.6) is 5.75 Å². The predicted molar refractivity (Wildman–Crippen MR) is 99.6 cm³/mol.